The molecule has 0 saturated carbocycles. The normalized spacial score (nSPS) is 14.9. The molecule has 0 bridgehead atoms. The van der Waals surface area contributed by atoms with Crippen LogP contribution in [0.15, 0.2) is 87.8 Å². The van der Waals surface area contributed by atoms with Gasteiger partial charge in [-0.2, -0.15) is 0 Å². The minimum absolute atomic E-state index is 0.123. The van der Waals surface area contributed by atoms with E-state index in [0.717, 1.165) is 5.56 Å². The number of allylic oxidation sites excluding steroid dienone is 1. The molecule has 7 nitrogen and oxygen atoms in total. The lowest BCUT2D eigenvalue weighted by Gasteiger charge is -2.26. The van der Waals surface area contributed by atoms with Crippen molar-refractivity contribution in [2.75, 3.05) is 6.61 Å². The topological polar surface area (TPSA) is 79.1 Å². The van der Waals surface area contributed by atoms with Crippen molar-refractivity contribution in [1.82, 2.24) is 4.57 Å². The highest BCUT2D eigenvalue weighted by Crippen LogP contribution is 2.37. The van der Waals surface area contributed by atoms with Crippen LogP contribution in [0.5, 0.6) is 11.5 Å². The number of nitrogens with zero attached hydrogens (tertiary/aromatic N) is 2. The van der Waals surface area contributed by atoms with Crippen molar-refractivity contribution in [1.29, 1.82) is 0 Å². The average Bonchev–Trinajstić information content (AvgIpc) is 3.26. The molecule has 1 aliphatic rings. The predicted molar refractivity (Wildman–Crippen MR) is 170 cm³/mol. The van der Waals surface area contributed by atoms with Gasteiger partial charge in [-0.25, -0.2) is 9.79 Å². The summed E-state index contributed by atoms with van der Waals surface area (Å²) in [5, 5.41) is 0.640. The number of carbonyl (C=O) groups is 1. The van der Waals surface area contributed by atoms with Gasteiger partial charge in [-0.05, 0) is 63.1 Å². The van der Waals surface area contributed by atoms with Gasteiger partial charge in [0.15, 0.2) is 10.6 Å². The zero-order valence-electron chi connectivity index (χ0n) is 24.1. The van der Waals surface area contributed by atoms with E-state index in [-0.39, 0.29) is 23.8 Å². The monoisotopic (exact) mass is 636 g/mol. The van der Waals surface area contributed by atoms with E-state index in [1.807, 2.05) is 68.4 Å². The summed E-state index contributed by atoms with van der Waals surface area (Å²) in [6, 6.07) is 19.7. The molecule has 222 valence electrons. The predicted octanol–water partition coefficient (Wildman–Crippen LogP) is 6.47. The molecule has 5 rings (SSSR count). The number of hydrogen-bond donors (Lipinski definition) is 0. The van der Waals surface area contributed by atoms with Gasteiger partial charge < -0.3 is 14.2 Å². The number of hydrogen-bond acceptors (Lipinski definition) is 7. The van der Waals surface area contributed by atoms with Crippen LogP contribution in [0, 0.1) is 0 Å². The maximum Gasteiger partial charge on any atom is 0.338 e. The van der Waals surface area contributed by atoms with Crippen molar-refractivity contribution in [3.63, 3.8) is 0 Å². The SMILES string of the molecule is CCOC(=O)C1=C(C)N=c2s/c(=C/c3cc(Cl)c(OCc4ccccc4)c(Cl)c3)c(=O)n2[C@H]1c1ccccc1OC(C)C. The average molecular weight is 638 g/mol. The van der Waals surface area contributed by atoms with Crippen molar-refractivity contribution in [2.24, 2.45) is 4.99 Å². The summed E-state index contributed by atoms with van der Waals surface area (Å²) in [6.07, 6.45) is 1.58. The summed E-state index contributed by atoms with van der Waals surface area (Å²) >= 11 is 14.4. The molecule has 0 radical (unpaired) electrons. The maximum atomic E-state index is 14.0. The largest absolute Gasteiger partial charge is 0.491 e. The number of rotatable bonds is 9. The Morgan fingerprint density at radius 2 is 1.74 bits per heavy atom. The van der Waals surface area contributed by atoms with Crippen LogP contribution in [0.4, 0.5) is 0 Å². The number of esters is 1. The molecule has 1 aromatic heterocycles. The Kier molecular flexibility index (Phi) is 9.40. The number of carbonyl (C=O) groups excluding carboxylic acids is 1. The maximum absolute atomic E-state index is 14.0. The zero-order valence-corrected chi connectivity index (χ0v) is 26.4. The van der Waals surface area contributed by atoms with Gasteiger partial charge in [-0.1, -0.05) is 83.1 Å². The second kappa shape index (κ2) is 13.2. The smallest absolute Gasteiger partial charge is 0.338 e. The number of para-hydroxylation sites is 1. The summed E-state index contributed by atoms with van der Waals surface area (Å²) in [4.78, 5) is 32.4. The highest BCUT2D eigenvalue weighted by atomic mass is 35.5. The van der Waals surface area contributed by atoms with E-state index < -0.39 is 12.0 Å². The van der Waals surface area contributed by atoms with Crippen LogP contribution in [0.3, 0.4) is 0 Å². The lowest BCUT2D eigenvalue weighted by atomic mass is 9.95. The third kappa shape index (κ3) is 6.56. The Bertz CT molecular complexity index is 1860. The van der Waals surface area contributed by atoms with Gasteiger partial charge in [0.1, 0.15) is 18.4 Å². The number of fused-ring (bicyclic) bond motifs is 1. The molecule has 0 fully saturated rings. The van der Waals surface area contributed by atoms with Crippen LogP contribution >= 0.6 is 34.5 Å². The van der Waals surface area contributed by atoms with Gasteiger partial charge in [0.2, 0.25) is 0 Å². The number of ether oxygens (including phenoxy) is 3. The first kappa shape index (κ1) is 30.6. The molecule has 0 saturated heterocycles. The summed E-state index contributed by atoms with van der Waals surface area (Å²) in [7, 11) is 0. The molecule has 3 aromatic carbocycles. The summed E-state index contributed by atoms with van der Waals surface area (Å²) < 4.78 is 19.3. The Morgan fingerprint density at radius 3 is 2.42 bits per heavy atom. The molecule has 43 heavy (non-hydrogen) atoms. The molecule has 0 N–H and O–H groups in total. The molecule has 2 heterocycles. The Morgan fingerprint density at radius 1 is 1.07 bits per heavy atom. The van der Waals surface area contributed by atoms with Crippen molar-refractivity contribution in [2.45, 2.75) is 46.4 Å². The molecule has 0 amide bonds. The first-order valence-electron chi connectivity index (χ1n) is 13.8. The quantitative estimate of drug-likeness (QED) is 0.197. The molecule has 4 aromatic rings. The number of thiazole rings is 1. The fourth-order valence-electron chi connectivity index (χ4n) is 4.84. The van der Waals surface area contributed by atoms with Gasteiger partial charge >= 0.3 is 5.97 Å². The van der Waals surface area contributed by atoms with E-state index in [9.17, 15) is 9.59 Å². The molecular weight excluding hydrogens is 607 g/mol. The minimum Gasteiger partial charge on any atom is -0.491 e. The van der Waals surface area contributed by atoms with E-state index in [0.29, 0.717) is 54.3 Å². The first-order chi connectivity index (χ1) is 20.7. The highest BCUT2D eigenvalue weighted by molar-refractivity contribution is 7.07. The molecule has 0 unspecified atom stereocenters. The van der Waals surface area contributed by atoms with Crippen LogP contribution in [0.25, 0.3) is 6.08 Å². The van der Waals surface area contributed by atoms with Crippen LogP contribution in [-0.2, 0) is 16.1 Å². The highest BCUT2D eigenvalue weighted by Gasteiger charge is 2.35. The van der Waals surface area contributed by atoms with Crippen LogP contribution in [0.1, 0.15) is 50.4 Å². The van der Waals surface area contributed by atoms with Crippen LogP contribution in [-0.4, -0.2) is 23.2 Å². The zero-order chi connectivity index (χ0) is 30.7. The van der Waals surface area contributed by atoms with Gasteiger partial charge in [0, 0.05) is 5.56 Å². The van der Waals surface area contributed by atoms with Crippen LogP contribution < -0.4 is 24.4 Å². The van der Waals surface area contributed by atoms with Gasteiger partial charge in [-0.3, -0.25) is 9.36 Å². The van der Waals surface area contributed by atoms with Crippen molar-refractivity contribution in [3.8, 4) is 11.5 Å². The Labute approximate surface area is 263 Å². The molecule has 0 spiro atoms. The van der Waals surface area contributed by atoms with E-state index >= 15 is 0 Å². The number of benzene rings is 3. The van der Waals surface area contributed by atoms with Gasteiger partial charge in [0.25, 0.3) is 5.56 Å². The summed E-state index contributed by atoms with van der Waals surface area (Å²) in [5.41, 5.74) is 2.69. The van der Waals surface area contributed by atoms with Crippen LogP contribution in [0.2, 0.25) is 10.0 Å². The first-order valence-corrected chi connectivity index (χ1v) is 15.4. The summed E-state index contributed by atoms with van der Waals surface area (Å²) in [5.74, 6) is 0.396. The van der Waals surface area contributed by atoms with E-state index in [1.165, 1.54) is 15.9 Å². The molecular formula is C33H30Cl2N2O5S. The fraction of sp³-hybridized carbons (Fsp3) is 0.242. The third-order valence-electron chi connectivity index (χ3n) is 6.64. The Balaban J connectivity index is 1.60. The van der Waals surface area contributed by atoms with Crippen molar-refractivity contribution < 1.29 is 19.0 Å². The molecule has 10 heteroatoms. The minimum atomic E-state index is -0.798. The van der Waals surface area contributed by atoms with E-state index in [2.05, 4.69) is 4.99 Å². The van der Waals surface area contributed by atoms with Gasteiger partial charge in [0.05, 0.1) is 38.6 Å². The lowest BCUT2D eigenvalue weighted by Crippen LogP contribution is -2.40. The fourth-order valence-corrected chi connectivity index (χ4v) is 6.49. The van der Waals surface area contributed by atoms with E-state index in [4.69, 9.17) is 37.4 Å². The van der Waals surface area contributed by atoms with Crippen molar-refractivity contribution in [3.05, 3.63) is 124 Å². The number of aromatic nitrogens is 1. The standard InChI is InChI=1S/C33H30Cl2N2O5S/c1-5-40-32(39)28-20(4)36-33-37(29(28)23-13-9-10-14-26(23)42-19(2)3)31(38)27(43-33)17-22-15-24(34)30(25(35)16-22)41-18-21-11-7-6-8-12-21/h6-17,19,29H,5,18H2,1-4H3/b27-17+/t29-/m0/s1. The van der Waals surface area contributed by atoms with Gasteiger partial charge in [-0.15, -0.1) is 0 Å². The number of halogens is 2. The second-order valence-corrected chi connectivity index (χ2v) is 11.9. The molecule has 1 atom stereocenters. The van der Waals surface area contributed by atoms with Crippen molar-refractivity contribution >= 4 is 46.6 Å². The third-order valence-corrected chi connectivity index (χ3v) is 8.18. The molecule has 1 aliphatic heterocycles. The Hall–Kier alpha value is -3.85. The van der Waals surface area contributed by atoms with E-state index in [1.54, 1.807) is 32.1 Å². The summed E-state index contributed by atoms with van der Waals surface area (Å²) in [6.45, 7) is 7.82. The lowest BCUT2D eigenvalue weighted by molar-refractivity contribution is -0.139. The second-order valence-electron chi connectivity index (χ2n) is 10.1. The molecule has 0 aliphatic carbocycles.